The Labute approximate surface area is 294 Å². The topological polar surface area (TPSA) is 99.1 Å². The molecule has 0 spiro atoms. The van der Waals surface area contributed by atoms with Gasteiger partial charge in [-0.1, -0.05) is 115 Å². The molecule has 0 aliphatic rings. The van der Waals surface area contributed by atoms with Crippen molar-refractivity contribution in [1.29, 1.82) is 0 Å². The smallest absolute Gasteiger partial charge is 0.362 e. The van der Waals surface area contributed by atoms with Crippen LogP contribution in [-0.4, -0.2) is 80.6 Å². The first-order valence-electron chi connectivity index (χ1n) is 19.4. The van der Waals surface area contributed by atoms with Crippen molar-refractivity contribution in [3.63, 3.8) is 0 Å². The predicted molar refractivity (Wildman–Crippen MR) is 197 cm³/mol. The van der Waals surface area contributed by atoms with E-state index in [2.05, 4.69) is 32.1 Å². The maximum Gasteiger partial charge on any atom is 0.362 e. The van der Waals surface area contributed by atoms with Gasteiger partial charge in [0, 0.05) is 19.3 Å². The van der Waals surface area contributed by atoms with Gasteiger partial charge in [-0.05, 0) is 51.4 Å². The normalized spacial score (nSPS) is 13.3. The molecular weight excluding hydrogens is 606 g/mol. The zero-order chi connectivity index (χ0) is 35.7. The lowest BCUT2D eigenvalue weighted by Crippen LogP contribution is -2.50. The quantitative estimate of drug-likeness (QED) is 0.0313. The van der Waals surface area contributed by atoms with E-state index < -0.39 is 18.1 Å². The van der Waals surface area contributed by atoms with Gasteiger partial charge in [-0.3, -0.25) is 9.59 Å². The molecule has 2 unspecified atom stereocenters. The van der Waals surface area contributed by atoms with Crippen molar-refractivity contribution >= 4 is 17.9 Å². The molecule has 0 aromatic heterocycles. The first kappa shape index (κ1) is 45.8. The fraction of sp³-hybridized carbons (Fsp3) is 0.825. The fourth-order valence-electron chi connectivity index (χ4n) is 5.51. The molecule has 0 aromatic rings. The highest BCUT2D eigenvalue weighted by Gasteiger charge is 2.31. The SMILES string of the molecule is CCCCC/C=C/CCC(=O)OC(COCCC(C(=O)O)[N+](C)(C)C)COC(=O)CCCCCCCCC/C=C/CCCCCCCC. The molecule has 0 bridgehead atoms. The third kappa shape index (κ3) is 29.9. The minimum atomic E-state index is -0.882. The van der Waals surface area contributed by atoms with Gasteiger partial charge in [0.2, 0.25) is 0 Å². The van der Waals surface area contributed by atoms with Crippen LogP contribution in [0.1, 0.15) is 162 Å². The number of likely N-dealkylation sites (N-methyl/N-ethyl adjacent to an activating group) is 1. The van der Waals surface area contributed by atoms with E-state index in [4.69, 9.17) is 14.2 Å². The summed E-state index contributed by atoms with van der Waals surface area (Å²) in [6, 6.07) is -0.616. The van der Waals surface area contributed by atoms with Gasteiger partial charge in [-0.15, -0.1) is 0 Å². The van der Waals surface area contributed by atoms with E-state index in [9.17, 15) is 19.5 Å². The Hall–Kier alpha value is -2.19. The second-order valence-electron chi connectivity index (χ2n) is 14.2. The largest absolute Gasteiger partial charge is 0.477 e. The summed E-state index contributed by atoms with van der Waals surface area (Å²) in [5.74, 6) is -1.54. The van der Waals surface area contributed by atoms with E-state index in [0.717, 1.165) is 32.1 Å². The highest BCUT2D eigenvalue weighted by atomic mass is 16.6. The van der Waals surface area contributed by atoms with Crippen LogP contribution in [0.2, 0.25) is 0 Å². The molecule has 48 heavy (non-hydrogen) atoms. The highest BCUT2D eigenvalue weighted by molar-refractivity contribution is 5.72. The summed E-state index contributed by atoms with van der Waals surface area (Å²) < 4.78 is 17.1. The van der Waals surface area contributed by atoms with Crippen LogP contribution in [0.5, 0.6) is 0 Å². The summed E-state index contributed by atoms with van der Waals surface area (Å²) in [5, 5.41) is 9.55. The standard InChI is InChI=1S/C40H73NO7/c1-6-8-10-12-14-15-16-17-18-19-20-21-22-23-25-26-28-30-38(42)47-35-36(34-46-33-32-37(40(44)45)41(3,4)5)48-39(43)31-29-27-24-13-11-9-7-2/h17-18,24,27,36-37H,6-16,19-23,25-26,28-35H2,1-5H3/p+1/b18-17+,27-24+. The number of carbonyl (C=O) groups is 3. The number of carboxylic acid groups (broad SMARTS) is 1. The minimum Gasteiger partial charge on any atom is -0.477 e. The molecule has 0 aliphatic carbocycles. The van der Waals surface area contributed by atoms with Crippen LogP contribution in [0, 0.1) is 0 Å². The second kappa shape index (κ2) is 32.0. The number of nitrogens with zero attached hydrogens (tertiary/aromatic N) is 1. The number of carboxylic acids is 1. The van der Waals surface area contributed by atoms with Crippen molar-refractivity contribution in [1.82, 2.24) is 0 Å². The van der Waals surface area contributed by atoms with Crippen molar-refractivity contribution in [2.45, 2.75) is 174 Å². The summed E-state index contributed by atoms with van der Waals surface area (Å²) in [6.07, 6.45) is 32.5. The number of rotatable bonds is 34. The molecule has 0 fully saturated rings. The van der Waals surface area contributed by atoms with E-state index in [0.29, 0.717) is 19.3 Å². The van der Waals surface area contributed by atoms with Crippen LogP contribution in [0.4, 0.5) is 0 Å². The molecule has 0 aromatic carbocycles. The van der Waals surface area contributed by atoms with Crippen molar-refractivity contribution in [3.8, 4) is 0 Å². The number of hydrogen-bond donors (Lipinski definition) is 1. The van der Waals surface area contributed by atoms with Crippen LogP contribution in [-0.2, 0) is 28.6 Å². The first-order valence-corrected chi connectivity index (χ1v) is 19.4. The average Bonchev–Trinajstić information content (AvgIpc) is 3.03. The van der Waals surface area contributed by atoms with E-state index in [-0.39, 0.29) is 42.7 Å². The predicted octanol–water partition coefficient (Wildman–Crippen LogP) is 9.74. The zero-order valence-corrected chi connectivity index (χ0v) is 31.7. The summed E-state index contributed by atoms with van der Waals surface area (Å²) in [5.41, 5.74) is 0. The van der Waals surface area contributed by atoms with Crippen molar-refractivity contribution < 1.29 is 38.2 Å². The number of allylic oxidation sites excluding steroid dienone is 4. The molecule has 0 saturated heterocycles. The number of hydrogen-bond acceptors (Lipinski definition) is 6. The van der Waals surface area contributed by atoms with Crippen LogP contribution in [0.25, 0.3) is 0 Å². The van der Waals surface area contributed by atoms with Crippen LogP contribution in [0.15, 0.2) is 24.3 Å². The van der Waals surface area contributed by atoms with Gasteiger partial charge in [0.1, 0.15) is 6.61 Å². The number of quaternary nitrogens is 1. The molecular formula is C40H74NO7+. The molecule has 2 atom stereocenters. The summed E-state index contributed by atoms with van der Waals surface area (Å²) >= 11 is 0. The van der Waals surface area contributed by atoms with Gasteiger partial charge in [-0.2, -0.15) is 0 Å². The van der Waals surface area contributed by atoms with Crippen molar-refractivity contribution in [2.24, 2.45) is 0 Å². The van der Waals surface area contributed by atoms with Crippen LogP contribution in [0.3, 0.4) is 0 Å². The summed E-state index contributed by atoms with van der Waals surface area (Å²) in [7, 11) is 5.50. The number of esters is 2. The highest BCUT2D eigenvalue weighted by Crippen LogP contribution is 2.13. The Balaban J connectivity index is 4.30. The molecule has 0 saturated carbocycles. The Kier molecular flexibility index (Phi) is 30.6. The Bertz CT molecular complexity index is 849. The molecule has 8 nitrogen and oxygen atoms in total. The number of carbonyl (C=O) groups excluding carboxylic acids is 2. The van der Waals surface area contributed by atoms with Gasteiger partial charge in [0.15, 0.2) is 12.1 Å². The minimum absolute atomic E-state index is 0.0459. The zero-order valence-electron chi connectivity index (χ0n) is 31.7. The average molecular weight is 681 g/mol. The van der Waals surface area contributed by atoms with Crippen molar-refractivity contribution in [2.75, 3.05) is 41.0 Å². The maximum absolute atomic E-state index is 12.5. The monoisotopic (exact) mass is 681 g/mol. The van der Waals surface area contributed by atoms with Gasteiger partial charge in [0.05, 0.1) is 34.4 Å². The van der Waals surface area contributed by atoms with Gasteiger partial charge >= 0.3 is 17.9 Å². The number of aliphatic carboxylic acids is 1. The van der Waals surface area contributed by atoms with Crippen molar-refractivity contribution in [3.05, 3.63) is 24.3 Å². The van der Waals surface area contributed by atoms with Crippen LogP contribution < -0.4 is 0 Å². The van der Waals surface area contributed by atoms with E-state index in [1.807, 2.05) is 27.2 Å². The van der Waals surface area contributed by atoms with E-state index in [1.165, 1.54) is 89.9 Å². The molecule has 0 rings (SSSR count). The van der Waals surface area contributed by atoms with Gasteiger partial charge in [0.25, 0.3) is 0 Å². The molecule has 0 heterocycles. The number of ether oxygens (including phenoxy) is 3. The van der Waals surface area contributed by atoms with E-state index in [1.54, 1.807) is 0 Å². The third-order valence-corrected chi connectivity index (χ3v) is 8.59. The first-order chi connectivity index (χ1) is 23.1. The lowest BCUT2D eigenvalue weighted by Gasteiger charge is -2.31. The summed E-state index contributed by atoms with van der Waals surface area (Å²) in [6.45, 7) is 4.61. The van der Waals surface area contributed by atoms with E-state index >= 15 is 0 Å². The number of unbranched alkanes of at least 4 members (excludes halogenated alkanes) is 16. The molecule has 0 amide bonds. The molecule has 280 valence electrons. The van der Waals surface area contributed by atoms with Gasteiger partial charge in [-0.25, -0.2) is 4.79 Å². The molecule has 1 N–H and O–H groups in total. The summed E-state index contributed by atoms with van der Waals surface area (Å²) in [4.78, 5) is 36.6. The third-order valence-electron chi connectivity index (χ3n) is 8.59. The Morgan fingerprint density at radius 1 is 0.604 bits per heavy atom. The van der Waals surface area contributed by atoms with Crippen LogP contribution >= 0.6 is 0 Å². The molecule has 8 heteroatoms. The fourth-order valence-corrected chi connectivity index (χ4v) is 5.51. The van der Waals surface area contributed by atoms with Gasteiger partial charge < -0.3 is 23.8 Å². The molecule has 0 aliphatic heterocycles. The lowest BCUT2D eigenvalue weighted by molar-refractivity contribution is -0.887. The molecule has 0 radical (unpaired) electrons. The lowest BCUT2D eigenvalue weighted by atomic mass is 10.1. The maximum atomic E-state index is 12.5. The second-order valence-corrected chi connectivity index (χ2v) is 14.2. The Morgan fingerprint density at radius 3 is 1.62 bits per heavy atom. The Morgan fingerprint density at radius 2 is 1.08 bits per heavy atom.